The summed E-state index contributed by atoms with van der Waals surface area (Å²) in [5.74, 6) is 0.636. The molecule has 1 amide bonds. The SMILES string of the molecule is O=C1/C(=C\c2cccc(Br)c2)SC(=S)N1Cc1ccco1. The maximum absolute atomic E-state index is 12.4. The van der Waals surface area contributed by atoms with Gasteiger partial charge >= 0.3 is 0 Å². The summed E-state index contributed by atoms with van der Waals surface area (Å²) in [6.07, 6.45) is 3.44. The monoisotopic (exact) mass is 379 g/mol. The fourth-order valence-corrected chi connectivity index (χ4v) is 3.61. The van der Waals surface area contributed by atoms with Crippen LogP contribution in [0.15, 0.2) is 56.5 Å². The predicted octanol–water partition coefficient (Wildman–Crippen LogP) is 4.44. The van der Waals surface area contributed by atoms with Gasteiger partial charge in [-0.15, -0.1) is 0 Å². The summed E-state index contributed by atoms with van der Waals surface area (Å²) in [6.45, 7) is 0.369. The second kappa shape index (κ2) is 6.17. The number of thiocarbonyl (C=S) groups is 1. The molecule has 0 atom stereocenters. The van der Waals surface area contributed by atoms with E-state index in [0.29, 0.717) is 15.8 Å². The van der Waals surface area contributed by atoms with Gasteiger partial charge in [-0.3, -0.25) is 9.69 Å². The van der Waals surface area contributed by atoms with Gasteiger partial charge in [-0.05, 0) is 35.9 Å². The van der Waals surface area contributed by atoms with Gasteiger partial charge < -0.3 is 4.42 Å². The average Bonchev–Trinajstić information content (AvgIpc) is 3.04. The third kappa shape index (κ3) is 3.28. The number of furan rings is 1. The van der Waals surface area contributed by atoms with Crippen molar-refractivity contribution in [1.29, 1.82) is 0 Å². The summed E-state index contributed by atoms with van der Waals surface area (Å²) in [5, 5.41) is 0. The molecule has 106 valence electrons. The Morgan fingerprint density at radius 2 is 2.19 bits per heavy atom. The van der Waals surface area contributed by atoms with E-state index in [9.17, 15) is 4.79 Å². The van der Waals surface area contributed by atoms with Crippen LogP contribution in [0.2, 0.25) is 0 Å². The summed E-state index contributed by atoms with van der Waals surface area (Å²) in [7, 11) is 0. The van der Waals surface area contributed by atoms with Crippen LogP contribution >= 0.6 is 39.9 Å². The second-order valence-corrected chi connectivity index (χ2v) is 6.99. The van der Waals surface area contributed by atoms with Crippen molar-refractivity contribution in [2.75, 3.05) is 0 Å². The van der Waals surface area contributed by atoms with Crippen LogP contribution in [0.25, 0.3) is 6.08 Å². The normalized spacial score (nSPS) is 17.0. The molecule has 0 aliphatic carbocycles. The molecule has 3 rings (SSSR count). The van der Waals surface area contributed by atoms with Crippen LogP contribution in [-0.2, 0) is 11.3 Å². The van der Waals surface area contributed by atoms with Gasteiger partial charge in [0.15, 0.2) is 0 Å². The zero-order chi connectivity index (χ0) is 14.8. The maximum atomic E-state index is 12.4. The maximum Gasteiger partial charge on any atom is 0.266 e. The number of thioether (sulfide) groups is 1. The first-order chi connectivity index (χ1) is 10.1. The van der Waals surface area contributed by atoms with E-state index in [2.05, 4.69) is 15.9 Å². The molecule has 0 N–H and O–H groups in total. The molecule has 21 heavy (non-hydrogen) atoms. The zero-order valence-corrected chi connectivity index (χ0v) is 14.0. The standard InChI is InChI=1S/C15H10BrNO2S2/c16-11-4-1-3-10(7-11)8-13-14(18)17(15(20)21-13)9-12-5-2-6-19-12/h1-8H,9H2/b13-8+. The lowest BCUT2D eigenvalue weighted by Crippen LogP contribution is -2.27. The molecule has 2 aromatic rings. The molecule has 2 heterocycles. The third-order valence-corrected chi connectivity index (χ3v) is 4.79. The predicted molar refractivity (Wildman–Crippen MR) is 91.6 cm³/mol. The Morgan fingerprint density at radius 1 is 1.33 bits per heavy atom. The highest BCUT2D eigenvalue weighted by Crippen LogP contribution is 2.33. The minimum Gasteiger partial charge on any atom is -0.467 e. The molecule has 0 spiro atoms. The number of carbonyl (C=O) groups is 1. The Labute approximate surface area is 140 Å². The fourth-order valence-electron chi connectivity index (χ4n) is 1.94. The number of carbonyl (C=O) groups excluding carboxylic acids is 1. The molecule has 1 aliphatic rings. The molecule has 0 saturated carbocycles. The molecule has 0 bridgehead atoms. The third-order valence-electron chi connectivity index (χ3n) is 2.91. The van der Waals surface area contributed by atoms with Crippen molar-refractivity contribution >= 4 is 56.2 Å². The Hall–Kier alpha value is -1.37. The molecule has 0 radical (unpaired) electrons. The fraction of sp³-hybridized carbons (Fsp3) is 0.0667. The summed E-state index contributed by atoms with van der Waals surface area (Å²) < 4.78 is 6.80. The van der Waals surface area contributed by atoms with Crippen molar-refractivity contribution in [3.8, 4) is 0 Å². The van der Waals surface area contributed by atoms with E-state index < -0.39 is 0 Å². The number of halogens is 1. The van der Waals surface area contributed by atoms with Gasteiger partial charge in [0.25, 0.3) is 5.91 Å². The van der Waals surface area contributed by atoms with Crippen molar-refractivity contribution in [2.24, 2.45) is 0 Å². The van der Waals surface area contributed by atoms with Gasteiger partial charge in [0.1, 0.15) is 10.1 Å². The van der Waals surface area contributed by atoms with Crippen molar-refractivity contribution in [2.45, 2.75) is 6.54 Å². The largest absolute Gasteiger partial charge is 0.467 e. The highest BCUT2D eigenvalue weighted by molar-refractivity contribution is 9.10. The van der Waals surface area contributed by atoms with Gasteiger partial charge in [-0.2, -0.15) is 0 Å². The average molecular weight is 380 g/mol. The van der Waals surface area contributed by atoms with E-state index in [1.165, 1.54) is 11.8 Å². The van der Waals surface area contributed by atoms with E-state index in [1.807, 2.05) is 36.4 Å². The molecule has 1 fully saturated rings. The van der Waals surface area contributed by atoms with Crippen LogP contribution in [0.1, 0.15) is 11.3 Å². The Bertz CT molecular complexity index is 725. The van der Waals surface area contributed by atoms with Crippen molar-refractivity contribution < 1.29 is 9.21 Å². The summed E-state index contributed by atoms with van der Waals surface area (Å²) >= 11 is 10.0. The molecule has 1 aliphatic heterocycles. The van der Waals surface area contributed by atoms with Crippen LogP contribution < -0.4 is 0 Å². The number of hydrogen-bond donors (Lipinski definition) is 0. The Balaban J connectivity index is 1.83. The number of amides is 1. The van der Waals surface area contributed by atoms with Crippen LogP contribution in [-0.4, -0.2) is 15.1 Å². The molecule has 0 unspecified atom stereocenters. The molecule has 1 saturated heterocycles. The van der Waals surface area contributed by atoms with E-state index >= 15 is 0 Å². The molecular weight excluding hydrogens is 370 g/mol. The molecule has 6 heteroatoms. The minimum atomic E-state index is -0.0821. The van der Waals surface area contributed by atoms with E-state index in [0.717, 1.165) is 15.8 Å². The van der Waals surface area contributed by atoms with E-state index in [-0.39, 0.29) is 5.91 Å². The summed E-state index contributed by atoms with van der Waals surface area (Å²) in [6, 6.07) is 11.4. The minimum absolute atomic E-state index is 0.0821. The van der Waals surface area contributed by atoms with E-state index in [1.54, 1.807) is 17.2 Å². The molecule has 3 nitrogen and oxygen atoms in total. The van der Waals surface area contributed by atoms with Gasteiger partial charge in [-0.25, -0.2) is 0 Å². The van der Waals surface area contributed by atoms with Gasteiger partial charge in [-0.1, -0.05) is 52.0 Å². The Morgan fingerprint density at radius 3 is 2.90 bits per heavy atom. The first-order valence-electron chi connectivity index (χ1n) is 6.17. The highest BCUT2D eigenvalue weighted by Gasteiger charge is 2.32. The van der Waals surface area contributed by atoms with Gasteiger partial charge in [0.2, 0.25) is 0 Å². The van der Waals surface area contributed by atoms with Gasteiger partial charge in [0, 0.05) is 4.47 Å². The zero-order valence-electron chi connectivity index (χ0n) is 10.8. The topological polar surface area (TPSA) is 33.5 Å². The van der Waals surface area contributed by atoms with Crippen molar-refractivity contribution in [3.05, 3.63) is 63.4 Å². The molecule has 1 aromatic heterocycles. The quantitative estimate of drug-likeness (QED) is 0.582. The van der Waals surface area contributed by atoms with Crippen molar-refractivity contribution in [3.63, 3.8) is 0 Å². The number of hydrogen-bond acceptors (Lipinski definition) is 4. The molecule has 1 aromatic carbocycles. The number of rotatable bonds is 3. The highest BCUT2D eigenvalue weighted by atomic mass is 79.9. The van der Waals surface area contributed by atoms with Crippen LogP contribution in [0.3, 0.4) is 0 Å². The lowest BCUT2D eigenvalue weighted by molar-refractivity contribution is -0.122. The Kier molecular flexibility index (Phi) is 4.28. The number of benzene rings is 1. The van der Waals surface area contributed by atoms with Gasteiger partial charge in [0.05, 0.1) is 17.7 Å². The smallest absolute Gasteiger partial charge is 0.266 e. The van der Waals surface area contributed by atoms with Crippen molar-refractivity contribution in [1.82, 2.24) is 4.90 Å². The lowest BCUT2D eigenvalue weighted by Gasteiger charge is -2.11. The first-order valence-corrected chi connectivity index (χ1v) is 8.18. The van der Waals surface area contributed by atoms with E-state index in [4.69, 9.17) is 16.6 Å². The van der Waals surface area contributed by atoms with Crippen LogP contribution in [0.5, 0.6) is 0 Å². The summed E-state index contributed by atoms with van der Waals surface area (Å²) in [4.78, 5) is 14.6. The van der Waals surface area contributed by atoms with Crippen LogP contribution in [0, 0.1) is 0 Å². The molecular formula is C15H10BrNO2S2. The number of nitrogens with zero attached hydrogens (tertiary/aromatic N) is 1. The second-order valence-electron chi connectivity index (χ2n) is 4.40. The van der Waals surface area contributed by atoms with Crippen LogP contribution in [0.4, 0.5) is 0 Å². The lowest BCUT2D eigenvalue weighted by atomic mass is 10.2. The summed E-state index contributed by atoms with van der Waals surface area (Å²) in [5.41, 5.74) is 0.961. The first kappa shape index (κ1) is 14.6.